The number of rotatable bonds is 4. The lowest BCUT2D eigenvalue weighted by Crippen LogP contribution is -2.46. The Labute approximate surface area is 189 Å². The average Bonchev–Trinajstić information content (AvgIpc) is 3.22. The molecular formula is C20H21ClN6OS2. The van der Waals surface area contributed by atoms with Crippen LogP contribution in [0.15, 0.2) is 36.4 Å². The number of likely N-dealkylation sites (N-methyl/N-ethyl adjacent to an activating group) is 1. The Morgan fingerprint density at radius 1 is 1.17 bits per heavy atom. The molecule has 1 aromatic heterocycles. The Hall–Kier alpha value is -2.33. The molecule has 0 atom stereocenters. The van der Waals surface area contributed by atoms with Gasteiger partial charge in [-0.25, -0.2) is 0 Å². The Morgan fingerprint density at radius 2 is 1.93 bits per heavy atom. The van der Waals surface area contributed by atoms with E-state index in [1.807, 2.05) is 18.2 Å². The van der Waals surface area contributed by atoms with Gasteiger partial charge in [0.1, 0.15) is 11.0 Å². The van der Waals surface area contributed by atoms with Gasteiger partial charge >= 0.3 is 0 Å². The van der Waals surface area contributed by atoms with Gasteiger partial charge in [0.25, 0.3) is 5.91 Å². The number of amides is 1. The quantitative estimate of drug-likeness (QED) is 0.576. The summed E-state index contributed by atoms with van der Waals surface area (Å²) in [6.07, 6.45) is 0. The third kappa shape index (κ3) is 4.54. The van der Waals surface area contributed by atoms with Crippen LogP contribution in [0.1, 0.15) is 17.3 Å². The molecule has 2 aromatic carbocycles. The molecule has 4 rings (SSSR count). The zero-order valence-electron chi connectivity index (χ0n) is 16.4. The fraction of sp³-hybridized carbons (Fsp3) is 0.300. The zero-order chi connectivity index (χ0) is 21.1. The maximum atomic E-state index is 12.6. The summed E-state index contributed by atoms with van der Waals surface area (Å²) in [6.45, 7) is 6.94. The third-order valence-corrected chi connectivity index (χ3v) is 6.18. The van der Waals surface area contributed by atoms with Crippen LogP contribution in [0.4, 0.5) is 11.4 Å². The number of nitrogens with zero attached hydrogens (tertiary/aromatic N) is 4. The number of carbonyl (C=O) groups is 1. The molecule has 0 unspecified atom stereocenters. The molecule has 7 nitrogen and oxygen atoms in total. The molecule has 1 aliphatic rings. The van der Waals surface area contributed by atoms with Crippen molar-refractivity contribution in [3.05, 3.63) is 47.0 Å². The van der Waals surface area contributed by atoms with Crippen molar-refractivity contribution in [2.75, 3.05) is 42.9 Å². The van der Waals surface area contributed by atoms with E-state index >= 15 is 0 Å². The number of hydrogen-bond donors (Lipinski definition) is 2. The number of thiocarbonyl (C=S) groups is 1. The highest BCUT2D eigenvalue weighted by Crippen LogP contribution is 2.34. The van der Waals surface area contributed by atoms with Gasteiger partial charge in [-0.15, -0.1) is 0 Å². The van der Waals surface area contributed by atoms with Crippen molar-refractivity contribution in [1.82, 2.24) is 19.0 Å². The lowest BCUT2D eigenvalue weighted by atomic mass is 10.2. The second kappa shape index (κ2) is 9.22. The van der Waals surface area contributed by atoms with E-state index < -0.39 is 0 Å². The average molecular weight is 461 g/mol. The topological polar surface area (TPSA) is 73.4 Å². The van der Waals surface area contributed by atoms with Crippen LogP contribution >= 0.6 is 35.5 Å². The second-order valence-corrected chi connectivity index (χ2v) is 8.28. The van der Waals surface area contributed by atoms with Crippen LogP contribution in [0.25, 0.3) is 11.0 Å². The fourth-order valence-corrected chi connectivity index (χ4v) is 4.49. The smallest absolute Gasteiger partial charge is 0.257 e. The van der Waals surface area contributed by atoms with Gasteiger partial charge in [-0.1, -0.05) is 24.6 Å². The van der Waals surface area contributed by atoms with E-state index in [9.17, 15) is 4.79 Å². The molecule has 0 spiro atoms. The molecule has 2 heterocycles. The molecule has 0 bridgehead atoms. The minimum atomic E-state index is -0.303. The summed E-state index contributed by atoms with van der Waals surface area (Å²) in [5, 5.41) is 6.74. The van der Waals surface area contributed by atoms with Crippen LogP contribution in [0, 0.1) is 0 Å². The lowest BCUT2D eigenvalue weighted by molar-refractivity contribution is 0.0978. The van der Waals surface area contributed by atoms with Crippen molar-refractivity contribution in [3.63, 3.8) is 0 Å². The fourth-order valence-electron chi connectivity index (χ4n) is 3.48. The maximum Gasteiger partial charge on any atom is 0.257 e. The Balaban J connectivity index is 1.46. The molecule has 30 heavy (non-hydrogen) atoms. The highest BCUT2D eigenvalue weighted by molar-refractivity contribution is 7.80. The first-order chi connectivity index (χ1) is 14.5. The summed E-state index contributed by atoms with van der Waals surface area (Å²) in [5.41, 5.74) is 3.61. The molecule has 1 amide bonds. The van der Waals surface area contributed by atoms with E-state index in [2.05, 4.69) is 36.1 Å². The van der Waals surface area contributed by atoms with Crippen LogP contribution in [0.3, 0.4) is 0 Å². The van der Waals surface area contributed by atoms with E-state index in [1.165, 1.54) is 0 Å². The van der Waals surface area contributed by atoms with E-state index in [0.29, 0.717) is 16.1 Å². The number of nitrogens with one attached hydrogen (secondary N) is 2. The minimum absolute atomic E-state index is 0.215. The Bertz CT molecular complexity index is 1080. The Morgan fingerprint density at radius 3 is 2.70 bits per heavy atom. The van der Waals surface area contributed by atoms with Gasteiger partial charge < -0.3 is 15.1 Å². The summed E-state index contributed by atoms with van der Waals surface area (Å²) in [7, 11) is 0. The van der Waals surface area contributed by atoms with Crippen molar-refractivity contribution in [2.24, 2.45) is 0 Å². The monoisotopic (exact) mass is 460 g/mol. The van der Waals surface area contributed by atoms with E-state index in [1.54, 1.807) is 18.2 Å². The standard InChI is InChI=1S/C20H21ClN6OS2/c1-2-26-8-10-27(11-9-26)18-14(21)4-3-5-16(18)22-20(29)23-19(28)13-6-7-15-17(12-13)25-30-24-15/h3-7,12H,2,8-11H2,1H3,(H2,22,23,28,29). The Kier molecular flexibility index (Phi) is 6.43. The third-order valence-electron chi connectivity index (χ3n) is 5.11. The highest BCUT2D eigenvalue weighted by Gasteiger charge is 2.21. The normalized spacial score (nSPS) is 14.7. The van der Waals surface area contributed by atoms with Gasteiger partial charge in [0.05, 0.1) is 28.1 Å². The molecule has 3 aromatic rings. The van der Waals surface area contributed by atoms with Crippen LogP contribution in [-0.4, -0.2) is 57.4 Å². The van der Waals surface area contributed by atoms with E-state index in [0.717, 1.165) is 61.3 Å². The molecular weight excluding hydrogens is 440 g/mol. The van der Waals surface area contributed by atoms with E-state index in [-0.39, 0.29) is 11.0 Å². The van der Waals surface area contributed by atoms with Crippen LogP contribution in [0.2, 0.25) is 5.02 Å². The molecule has 0 saturated carbocycles. The largest absolute Gasteiger partial charge is 0.366 e. The van der Waals surface area contributed by atoms with Gasteiger partial charge in [-0.3, -0.25) is 10.1 Å². The van der Waals surface area contributed by atoms with Gasteiger partial charge in [0.2, 0.25) is 0 Å². The summed E-state index contributed by atoms with van der Waals surface area (Å²) in [6, 6.07) is 10.8. The van der Waals surface area contributed by atoms with Crippen molar-refractivity contribution >= 4 is 69.0 Å². The van der Waals surface area contributed by atoms with E-state index in [4.69, 9.17) is 23.8 Å². The van der Waals surface area contributed by atoms with Crippen molar-refractivity contribution in [3.8, 4) is 0 Å². The minimum Gasteiger partial charge on any atom is -0.366 e. The predicted octanol–water partition coefficient (Wildman–Crippen LogP) is 3.61. The van der Waals surface area contributed by atoms with Gasteiger partial charge in [0, 0.05) is 31.7 Å². The van der Waals surface area contributed by atoms with Gasteiger partial charge in [-0.05, 0) is 49.1 Å². The number of anilines is 2. The molecule has 0 radical (unpaired) electrons. The lowest BCUT2D eigenvalue weighted by Gasteiger charge is -2.37. The number of carbonyl (C=O) groups excluding carboxylic acids is 1. The molecule has 1 aliphatic heterocycles. The summed E-state index contributed by atoms with van der Waals surface area (Å²) in [4.78, 5) is 17.3. The first-order valence-electron chi connectivity index (χ1n) is 9.65. The van der Waals surface area contributed by atoms with Gasteiger partial charge in [0.15, 0.2) is 5.11 Å². The zero-order valence-corrected chi connectivity index (χ0v) is 18.8. The number of benzene rings is 2. The van der Waals surface area contributed by atoms with Crippen LogP contribution in [0.5, 0.6) is 0 Å². The molecule has 1 fully saturated rings. The second-order valence-electron chi connectivity index (χ2n) is 6.93. The van der Waals surface area contributed by atoms with Gasteiger partial charge in [-0.2, -0.15) is 8.75 Å². The first-order valence-corrected chi connectivity index (χ1v) is 11.2. The molecule has 1 saturated heterocycles. The number of halogens is 1. The number of para-hydroxylation sites is 1. The highest BCUT2D eigenvalue weighted by atomic mass is 35.5. The number of piperazine rings is 1. The summed E-state index contributed by atoms with van der Waals surface area (Å²) < 4.78 is 8.32. The predicted molar refractivity (Wildman–Crippen MR) is 127 cm³/mol. The molecule has 0 aliphatic carbocycles. The number of hydrogen-bond acceptors (Lipinski definition) is 7. The van der Waals surface area contributed by atoms with Crippen LogP contribution in [-0.2, 0) is 0 Å². The van der Waals surface area contributed by atoms with Crippen molar-refractivity contribution < 1.29 is 4.79 Å². The first kappa shape index (κ1) is 20.9. The maximum absolute atomic E-state index is 12.6. The SMILES string of the molecule is CCN1CCN(c2c(Cl)cccc2NC(=S)NC(=O)c2ccc3nsnc3c2)CC1. The molecule has 10 heteroatoms. The summed E-state index contributed by atoms with van der Waals surface area (Å²) >= 11 is 13.0. The summed E-state index contributed by atoms with van der Waals surface area (Å²) in [5.74, 6) is -0.303. The number of aromatic nitrogens is 2. The number of fused-ring (bicyclic) bond motifs is 1. The van der Waals surface area contributed by atoms with Crippen molar-refractivity contribution in [2.45, 2.75) is 6.92 Å². The molecule has 156 valence electrons. The van der Waals surface area contributed by atoms with Crippen molar-refractivity contribution in [1.29, 1.82) is 0 Å². The molecule has 2 N–H and O–H groups in total. The van der Waals surface area contributed by atoms with Crippen LogP contribution < -0.4 is 15.5 Å².